The first kappa shape index (κ1) is 9.84. The third kappa shape index (κ3) is 1.54. The summed E-state index contributed by atoms with van der Waals surface area (Å²) in [5, 5.41) is 0.886. The third-order valence-electron chi connectivity index (χ3n) is 2.86. The number of hydrogen-bond donors (Lipinski definition) is 2. The van der Waals surface area contributed by atoms with E-state index in [9.17, 15) is 0 Å². The monoisotopic (exact) mass is 224 g/mol. The van der Waals surface area contributed by atoms with Gasteiger partial charge in [0.2, 0.25) is 0 Å². The summed E-state index contributed by atoms with van der Waals surface area (Å²) in [5.74, 6) is 0.506. The van der Waals surface area contributed by atoms with Gasteiger partial charge in [-0.1, -0.05) is 29.8 Å². The Bertz CT molecular complexity index is 667. The van der Waals surface area contributed by atoms with Gasteiger partial charge in [-0.3, -0.25) is 0 Å². The van der Waals surface area contributed by atoms with E-state index >= 15 is 0 Å². The summed E-state index contributed by atoms with van der Waals surface area (Å²) in [4.78, 5) is 11.3. The Morgan fingerprint density at radius 3 is 2.65 bits per heavy atom. The van der Waals surface area contributed by atoms with Gasteiger partial charge >= 0.3 is 0 Å². The molecule has 3 aromatic rings. The average molecular weight is 224 g/mol. The summed E-state index contributed by atoms with van der Waals surface area (Å²) in [6.07, 6.45) is 3.38. The molecule has 4 heteroatoms. The molecule has 1 aromatic carbocycles. The van der Waals surface area contributed by atoms with Crippen molar-refractivity contribution < 1.29 is 0 Å². The Kier molecular flexibility index (Phi) is 2.08. The van der Waals surface area contributed by atoms with Crippen molar-refractivity contribution in [2.45, 2.75) is 6.92 Å². The maximum absolute atomic E-state index is 5.90. The number of hydrogen-bond acceptors (Lipinski definition) is 3. The average Bonchev–Trinajstić information content (AvgIpc) is 2.75. The number of rotatable bonds is 1. The Hall–Kier alpha value is -2.36. The zero-order valence-corrected chi connectivity index (χ0v) is 9.44. The van der Waals surface area contributed by atoms with Crippen LogP contribution in [0.3, 0.4) is 0 Å². The van der Waals surface area contributed by atoms with Crippen molar-refractivity contribution in [1.82, 2.24) is 15.0 Å². The molecule has 0 unspecified atom stereocenters. The number of nitrogens with one attached hydrogen (secondary N) is 1. The van der Waals surface area contributed by atoms with Gasteiger partial charge in [-0.15, -0.1) is 0 Å². The second-order valence-corrected chi connectivity index (χ2v) is 4.05. The van der Waals surface area contributed by atoms with Gasteiger partial charge in [-0.25, -0.2) is 9.97 Å². The van der Waals surface area contributed by atoms with E-state index in [4.69, 9.17) is 5.73 Å². The van der Waals surface area contributed by atoms with Gasteiger partial charge in [0.05, 0.1) is 5.39 Å². The van der Waals surface area contributed by atoms with Crippen molar-refractivity contribution >= 4 is 16.9 Å². The van der Waals surface area contributed by atoms with Crippen LogP contribution in [0.2, 0.25) is 0 Å². The zero-order valence-electron chi connectivity index (χ0n) is 9.44. The summed E-state index contributed by atoms with van der Waals surface area (Å²) in [7, 11) is 0. The van der Waals surface area contributed by atoms with Crippen LogP contribution in [0.15, 0.2) is 36.8 Å². The number of aryl methyl sites for hydroxylation is 1. The quantitative estimate of drug-likeness (QED) is 0.667. The van der Waals surface area contributed by atoms with Gasteiger partial charge in [-0.05, 0) is 12.5 Å². The summed E-state index contributed by atoms with van der Waals surface area (Å²) in [5.41, 5.74) is 10.1. The normalized spacial score (nSPS) is 10.9. The largest absolute Gasteiger partial charge is 0.383 e. The fourth-order valence-corrected chi connectivity index (χ4v) is 1.95. The van der Waals surface area contributed by atoms with Crippen LogP contribution >= 0.6 is 0 Å². The highest BCUT2D eigenvalue weighted by Gasteiger charge is 2.10. The Labute approximate surface area is 98.5 Å². The maximum Gasteiger partial charge on any atom is 0.143 e. The molecule has 4 nitrogen and oxygen atoms in total. The lowest BCUT2D eigenvalue weighted by molar-refractivity contribution is 1.21. The van der Waals surface area contributed by atoms with Crippen LogP contribution in [0.4, 0.5) is 5.82 Å². The number of fused-ring (bicyclic) bond motifs is 1. The van der Waals surface area contributed by atoms with E-state index in [1.165, 1.54) is 11.9 Å². The summed E-state index contributed by atoms with van der Waals surface area (Å²) in [6.45, 7) is 2.07. The molecule has 84 valence electrons. The van der Waals surface area contributed by atoms with Crippen LogP contribution in [0.5, 0.6) is 0 Å². The Morgan fingerprint density at radius 2 is 1.88 bits per heavy atom. The molecule has 2 heterocycles. The number of benzene rings is 1. The van der Waals surface area contributed by atoms with Crippen molar-refractivity contribution in [1.29, 1.82) is 0 Å². The zero-order chi connectivity index (χ0) is 11.8. The number of aromatic amines is 1. The Morgan fingerprint density at radius 1 is 1.12 bits per heavy atom. The number of nitrogens with zero attached hydrogens (tertiary/aromatic N) is 2. The molecular weight excluding hydrogens is 212 g/mol. The van der Waals surface area contributed by atoms with E-state index in [2.05, 4.69) is 46.1 Å². The Balaban J connectivity index is 2.27. The molecule has 0 saturated carbocycles. The van der Waals surface area contributed by atoms with Gasteiger partial charge in [0.1, 0.15) is 17.8 Å². The lowest BCUT2D eigenvalue weighted by Gasteiger charge is -2.01. The molecule has 0 fully saturated rings. The van der Waals surface area contributed by atoms with E-state index < -0.39 is 0 Å². The fraction of sp³-hybridized carbons (Fsp3) is 0.0769. The standard InChI is InChI=1S/C13H12N4/c1-8-2-4-9(5-3-8)10-6-15-13-11(10)12(14)16-7-17-13/h2-7H,1H3,(H3,14,15,16,17). The molecule has 0 saturated heterocycles. The minimum Gasteiger partial charge on any atom is -0.383 e. The second kappa shape index (κ2) is 3.59. The lowest BCUT2D eigenvalue weighted by Crippen LogP contribution is -1.92. The highest BCUT2D eigenvalue weighted by molar-refractivity contribution is 6.00. The van der Waals surface area contributed by atoms with Gasteiger partial charge < -0.3 is 10.7 Å². The molecule has 2 aromatic heterocycles. The van der Waals surface area contributed by atoms with Gasteiger partial charge in [0, 0.05) is 11.8 Å². The van der Waals surface area contributed by atoms with Crippen LogP contribution in [0.1, 0.15) is 5.56 Å². The first-order valence-electron chi connectivity index (χ1n) is 5.40. The van der Waals surface area contributed by atoms with Gasteiger partial charge in [-0.2, -0.15) is 0 Å². The predicted molar refractivity (Wildman–Crippen MR) is 68.5 cm³/mol. The van der Waals surface area contributed by atoms with Crippen LogP contribution in [-0.4, -0.2) is 15.0 Å². The van der Waals surface area contributed by atoms with Crippen LogP contribution in [0, 0.1) is 6.92 Å². The van der Waals surface area contributed by atoms with E-state index in [0.717, 1.165) is 22.2 Å². The lowest BCUT2D eigenvalue weighted by atomic mass is 10.0. The number of anilines is 1. The van der Waals surface area contributed by atoms with Crippen molar-refractivity contribution in [3.05, 3.63) is 42.4 Å². The van der Waals surface area contributed by atoms with E-state index in [1.807, 2.05) is 6.20 Å². The highest BCUT2D eigenvalue weighted by atomic mass is 15.0. The minimum absolute atomic E-state index is 0.506. The topological polar surface area (TPSA) is 67.6 Å². The minimum atomic E-state index is 0.506. The summed E-state index contributed by atoms with van der Waals surface area (Å²) in [6, 6.07) is 8.30. The van der Waals surface area contributed by atoms with Crippen LogP contribution < -0.4 is 5.73 Å². The number of aromatic nitrogens is 3. The molecule has 0 aliphatic rings. The number of H-pyrrole nitrogens is 1. The molecule has 3 N–H and O–H groups in total. The number of nitrogen functional groups attached to an aromatic ring is 1. The molecule has 0 spiro atoms. The van der Waals surface area contributed by atoms with E-state index in [0.29, 0.717) is 5.82 Å². The van der Waals surface area contributed by atoms with Crippen molar-refractivity contribution in [3.63, 3.8) is 0 Å². The molecule has 0 aliphatic heterocycles. The van der Waals surface area contributed by atoms with Crippen LogP contribution in [-0.2, 0) is 0 Å². The molecule has 0 atom stereocenters. The highest BCUT2D eigenvalue weighted by Crippen LogP contribution is 2.30. The first-order chi connectivity index (χ1) is 8.25. The molecular formula is C13H12N4. The van der Waals surface area contributed by atoms with Crippen molar-refractivity contribution in [3.8, 4) is 11.1 Å². The molecule has 0 bridgehead atoms. The maximum atomic E-state index is 5.90. The second-order valence-electron chi connectivity index (χ2n) is 4.05. The molecule has 17 heavy (non-hydrogen) atoms. The predicted octanol–water partition coefficient (Wildman–Crippen LogP) is 2.52. The molecule has 3 rings (SSSR count). The molecule has 0 radical (unpaired) electrons. The number of nitrogens with two attached hydrogens (primary N) is 1. The molecule has 0 aliphatic carbocycles. The first-order valence-corrected chi connectivity index (χ1v) is 5.40. The smallest absolute Gasteiger partial charge is 0.143 e. The van der Waals surface area contributed by atoms with Crippen molar-refractivity contribution in [2.24, 2.45) is 0 Å². The van der Waals surface area contributed by atoms with Crippen molar-refractivity contribution in [2.75, 3.05) is 5.73 Å². The van der Waals surface area contributed by atoms with E-state index in [-0.39, 0.29) is 0 Å². The van der Waals surface area contributed by atoms with Crippen LogP contribution in [0.25, 0.3) is 22.2 Å². The fourth-order valence-electron chi connectivity index (χ4n) is 1.95. The van der Waals surface area contributed by atoms with Gasteiger partial charge in [0.15, 0.2) is 0 Å². The summed E-state index contributed by atoms with van der Waals surface area (Å²) < 4.78 is 0. The third-order valence-corrected chi connectivity index (χ3v) is 2.86. The van der Waals surface area contributed by atoms with Gasteiger partial charge in [0.25, 0.3) is 0 Å². The SMILES string of the molecule is Cc1ccc(-c2c[nH]c3ncnc(N)c23)cc1. The molecule has 0 amide bonds. The summed E-state index contributed by atoms with van der Waals surface area (Å²) >= 11 is 0. The van der Waals surface area contributed by atoms with E-state index in [1.54, 1.807) is 0 Å².